The van der Waals surface area contributed by atoms with Crippen LogP contribution in [0.25, 0.3) is 10.9 Å². The highest BCUT2D eigenvalue weighted by Crippen LogP contribution is 2.29. The van der Waals surface area contributed by atoms with E-state index in [4.69, 9.17) is 11.5 Å². The standard InChI is InChI=1S/C42H57N9O7/c1-24(2)35(47-25(3)52)38(54)50-36(26-11-5-4-6-12-26)39(55)48-32(17-10-19-46-42(43)44)40(56)51-23-29-14-8-7-13-27(29)22-34(51)37(53)49-33(41(57)58)21-28-15-9-16-31-30(28)18-20-45-31/h7-9,13-16,18,20,24,26,32-36,45H,4-6,10-12,17,19,21-23H2,1-3H3,(H,47,52)(H,48,55)(H,49,53)(H,50,54)(H,57,58)(H4,43,44,46)/t32-,33-,34-,35-,36?/m0/s1. The zero-order valence-corrected chi connectivity index (χ0v) is 33.5. The lowest BCUT2D eigenvalue weighted by Gasteiger charge is -2.39. The Labute approximate surface area is 338 Å². The summed E-state index contributed by atoms with van der Waals surface area (Å²) < 4.78 is 0. The van der Waals surface area contributed by atoms with Gasteiger partial charge in [0.1, 0.15) is 30.2 Å². The van der Waals surface area contributed by atoms with Crippen molar-refractivity contribution in [2.75, 3.05) is 6.54 Å². The number of nitrogens with two attached hydrogens (primary N) is 2. The highest BCUT2D eigenvalue weighted by atomic mass is 16.4. The van der Waals surface area contributed by atoms with Gasteiger partial charge >= 0.3 is 5.97 Å². The third kappa shape index (κ3) is 11.1. The van der Waals surface area contributed by atoms with Crippen molar-refractivity contribution >= 4 is 52.4 Å². The van der Waals surface area contributed by atoms with Gasteiger partial charge in [0.15, 0.2) is 5.96 Å². The molecule has 1 unspecified atom stereocenters. The predicted molar refractivity (Wildman–Crippen MR) is 219 cm³/mol. The van der Waals surface area contributed by atoms with Crippen LogP contribution in [0.15, 0.2) is 59.7 Å². The molecule has 2 aliphatic rings. The third-order valence-electron chi connectivity index (χ3n) is 11.1. The molecule has 1 aromatic heterocycles. The number of carboxylic acids is 1. The monoisotopic (exact) mass is 799 g/mol. The van der Waals surface area contributed by atoms with Gasteiger partial charge in [0.05, 0.1) is 0 Å². The smallest absolute Gasteiger partial charge is 0.326 e. The molecule has 1 aliphatic carbocycles. The second-order valence-corrected chi connectivity index (χ2v) is 15.7. The summed E-state index contributed by atoms with van der Waals surface area (Å²) in [5, 5.41) is 22.4. The lowest BCUT2D eigenvalue weighted by atomic mass is 9.83. The van der Waals surface area contributed by atoms with E-state index in [1.54, 1.807) is 20.0 Å². The maximum atomic E-state index is 14.8. The second kappa shape index (κ2) is 20.0. The Bertz CT molecular complexity index is 1990. The summed E-state index contributed by atoms with van der Waals surface area (Å²) in [6.45, 7) is 5.11. The molecular weight excluding hydrogens is 743 g/mol. The molecule has 312 valence electrons. The van der Waals surface area contributed by atoms with Crippen molar-refractivity contribution < 1.29 is 33.9 Å². The Morgan fingerprint density at radius 1 is 0.879 bits per heavy atom. The minimum Gasteiger partial charge on any atom is -0.480 e. The summed E-state index contributed by atoms with van der Waals surface area (Å²) in [5.41, 5.74) is 14.3. The number of carbonyl (C=O) groups is 6. The number of fused-ring (bicyclic) bond motifs is 2. The summed E-state index contributed by atoms with van der Waals surface area (Å²) in [7, 11) is 0. The van der Waals surface area contributed by atoms with Crippen LogP contribution in [0.5, 0.6) is 0 Å². The van der Waals surface area contributed by atoms with Crippen LogP contribution in [-0.4, -0.2) is 93.2 Å². The van der Waals surface area contributed by atoms with E-state index in [9.17, 15) is 33.9 Å². The van der Waals surface area contributed by atoms with Crippen LogP contribution in [0, 0.1) is 11.8 Å². The number of aliphatic carboxylic acids is 1. The van der Waals surface area contributed by atoms with Gasteiger partial charge in [0.25, 0.3) is 0 Å². The van der Waals surface area contributed by atoms with Crippen molar-refractivity contribution in [2.45, 2.75) is 115 Å². The fraction of sp³-hybridized carbons (Fsp3) is 0.500. The Morgan fingerprint density at radius 3 is 2.28 bits per heavy atom. The van der Waals surface area contributed by atoms with Crippen molar-refractivity contribution in [3.63, 3.8) is 0 Å². The first kappa shape index (κ1) is 43.2. The largest absolute Gasteiger partial charge is 0.480 e. The number of hydrogen-bond donors (Lipinski definition) is 8. The van der Waals surface area contributed by atoms with Gasteiger partial charge in [-0.25, -0.2) is 4.79 Å². The lowest BCUT2D eigenvalue weighted by molar-refractivity contribution is -0.147. The van der Waals surface area contributed by atoms with E-state index in [0.29, 0.717) is 19.3 Å². The second-order valence-electron chi connectivity index (χ2n) is 15.7. The van der Waals surface area contributed by atoms with Crippen LogP contribution in [0.4, 0.5) is 0 Å². The van der Waals surface area contributed by atoms with Gasteiger partial charge in [0.2, 0.25) is 29.5 Å². The molecule has 5 atom stereocenters. The average Bonchev–Trinajstić information content (AvgIpc) is 3.69. The van der Waals surface area contributed by atoms with Crippen molar-refractivity contribution in [3.8, 4) is 0 Å². The average molecular weight is 800 g/mol. The van der Waals surface area contributed by atoms with Crippen LogP contribution < -0.4 is 32.7 Å². The van der Waals surface area contributed by atoms with E-state index in [0.717, 1.165) is 46.9 Å². The molecule has 16 nitrogen and oxygen atoms in total. The Morgan fingerprint density at radius 2 is 1.60 bits per heavy atom. The Balaban J connectivity index is 1.43. The summed E-state index contributed by atoms with van der Waals surface area (Å²) in [4.78, 5) is 90.3. The number of aromatic amines is 1. The van der Waals surface area contributed by atoms with Gasteiger partial charge in [0, 0.05) is 50.0 Å². The molecule has 0 bridgehead atoms. The first-order valence-corrected chi connectivity index (χ1v) is 20.1. The van der Waals surface area contributed by atoms with Crippen LogP contribution in [0.2, 0.25) is 0 Å². The Kier molecular flexibility index (Phi) is 14.9. The quantitative estimate of drug-likeness (QED) is 0.0564. The summed E-state index contributed by atoms with van der Waals surface area (Å²) in [5.74, 6) is -4.48. The molecule has 16 heteroatoms. The Hall–Kier alpha value is -5.93. The number of amides is 5. The number of aromatic nitrogens is 1. The lowest BCUT2D eigenvalue weighted by Crippen LogP contribution is -2.62. The number of hydrogen-bond acceptors (Lipinski definition) is 7. The van der Waals surface area contributed by atoms with Crippen molar-refractivity contribution in [1.82, 2.24) is 31.2 Å². The van der Waals surface area contributed by atoms with E-state index in [2.05, 4.69) is 31.2 Å². The highest BCUT2D eigenvalue weighted by molar-refractivity contribution is 5.96. The molecule has 2 aromatic carbocycles. The van der Waals surface area contributed by atoms with E-state index in [-0.39, 0.29) is 56.1 Å². The van der Waals surface area contributed by atoms with Crippen molar-refractivity contribution in [1.29, 1.82) is 0 Å². The molecule has 0 radical (unpaired) electrons. The number of carbonyl (C=O) groups excluding carboxylic acids is 5. The number of nitrogens with one attached hydrogen (secondary N) is 5. The molecule has 58 heavy (non-hydrogen) atoms. The molecule has 3 aromatic rings. The normalized spacial score (nSPS) is 17.6. The number of aliphatic imine (C=N–C) groups is 1. The van der Waals surface area contributed by atoms with Gasteiger partial charge in [-0.05, 0) is 66.3 Å². The van der Waals surface area contributed by atoms with Crippen LogP contribution in [0.3, 0.4) is 0 Å². The number of H-pyrrole nitrogens is 1. The van der Waals surface area contributed by atoms with Crippen LogP contribution in [0.1, 0.15) is 82.4 Å². The zero-order chi connectivity index (χ0) is 41.9. The first-order valence-electron chi connectivity index (χ1n) is 20.1. The summed E-state index contributed by atoms with van der Waals surface area (Å²) in [6, 6.07) is 9.30. The summed E-state index contributed by atoms with van der Waals surface area (Å²) >= 11 is 0. The molecule has 1 fully saturated rings. The van der Waals surface area contributed by atoms with Gasteiger partial charge in [-0.15, -0.1) is 0 Å². The molecule has 5 amide bonds. The van der Waals surface area contributed by atoms with Crippen LogP contribution in [-0.2, 0) is 48.2 Å². The van der Waals surface area contributed by atoms with Gasteiger partial charge in [-0.2, -0.15) is 0 Å². The molecule has 0 spiro atoms. The minimum atomic E-state index is -1.30. The van der Waals surface area contributed by atoms with Gasteiger partial charge in [-0.1, -0.05) is 69.5 Å². The molecule has 5 rings (SSSR count). The van der Waals surface area contributed by atoms with E-state index in [1.807, 2.05) is 48.5 Å². The fourth-order valence-corrected chi connectivity index (χ4v) is 8.09. The van der Waals surface area contributed by atoms with Crippen LogP contribution >= 0.6 is 0 Å². The maximum Gasteiger partial charge on any atom is 0.326 e. The van der Waals surface area contributed by atoms with E-state index >= 15 is 0 Å². The van der Waals surface area contributed by atoms with Gasteiger partial charge in [-0.3, -0.25) is 29.0 Å². The molecule has 2 heterocycles. The zero-order valence-electron chi connectivity index (χ0n) is 33.5. The predicted octanol–water partition coefficient (Wildman–Crippen LogP) is 2.00. The molecule has 1 saturated carbocycles. The van der Waals surface area contributed by atoms with Crippen molar-refractivity contribution in [3.05, 3.63) is 71.4 Å². The fourth-order valence-electron chi connectivity index (χ4n) is 8.09. The number of carboxylic acid groups (broad SMARTS) is 1. The van der Waals surface area contributed by atoms with Crippen molar-refractivity contribution in [2.24, 2.45) is 28.3 Å². The summed E-state index contributed by atoms with van der Waals surface area (Å²) in [6.07, 6.45) is 6.36. The minimum absolute atomic E-state index is 0.00483. The molecule has 0 saturated heterocycles. The molecule has 1 aliphatic heterocycles. The van der Waals surface area contributed by atoms with E-state index in [1.165, 1.54) is 11.8 Å². The number of nitrogens with zero attached hydrogens (tertiary/aromatic N) is 2. The number of benzene rings is 2. The SMILES string of the molecule is CC(=O)N[C@H](C(=O)NC(C(=O)N[C@@H](CCCN=C(N)N)C(=O)N1Cc2ccccc2C[C@H]1C(=O)N[C@@H](Cc1cccc2[nH]ccc12)C(=O)O)C1CCCCC1)C(C)C. The topological polar surface area (TPSA) is 254 Å². The maximum absolute atomic E-state index is 14.8. The highest BCUT2D eigenvalue weighted by Gasteiger charge is 2.41. The van der Waals surface area contributed by atoms with Gasteiger partial charge < -0.3 is 47.7 Å². The third-order valence-corrected chi connectivity index (χ3v) is 11.1. The molecule has 10 N–H and O–H groups in total. The number of rotatable bonds is 17. The first-order chi connectivity index (χ1) is 27.7. The molecular formula is C42H57N9O7. The van der Waals surface area contributed by atoms with E-state index < -0.39 is 59.8 Å². The number of guanidine groups is 1.